The van der Waals surface area contributed by atoms with Gasteiger partial charge in [0.15, 0.2) is 0 Å². The highest BCUT2D eigenvalue weighted by molar-refractivity contribution is 5.52. The number of benzene rings is 1. The Labute approximate surface area is 85.6 Å². The van der Waals surface area contributed by atoms with Crippen LogP contribution in [0.4, 0.5) is 0 Å². The van der Waals surface area contributed by atoms with Gasteiger partial charge >= 0.3 is 0 Å². The molecular weight excluding hydrogens is 174 g/mol. The first-order valence-electron chi connectivity index (χ1n) is 4.76. The van der Waals surface area contributed by atoms with Gasteiger partial charge in [-0.1, -0.05) is 24.3 Å². The summed E-state index contributed by atoms with van der Waals surface area (Å²) >= 11 is 0. The molecule has 1 atom stereocenters. The van der Waals surface area contributed by atoms with E-state index in [0.717, 1.165) is 11.3 Å². The van der Waals surface area contributed by atoms with Crippen LogP contribution in [-0.2, 0) is 0 Å². The predicted octanol–water partition coefficient (Wildman–Crippen LogP) is 2.32. The van der Waals surface area contributed by atoms with Crippen LogP contribution in [-0.4, -0.2) is 20.2 Å². The van der Waals surface area contributed by atoms with Gasteiger partial charge in [0.1, 0.15) is 5.75 Å². The number of hydrogen-bond donors (Lipinski definition) is 1. The lowest BCUT2D eigenvalue weighted by molar-refractivity contribution is 0.414. The molecule has 2 heteroatoms. The standard InChI is InChI=1S/C12H17NO/c1-10(13-2)7-8-11-5-4-6-12(9-11)14-3/h4-10,13H,1-3H3/b8-7+/t10-/m1/s1. The van der Waals surface area contributed by atoms with Crippen LogP contribution < -0.4 is 10.1 Å². The van der Waals surface area contributed by atoms with Crippen molar-refractivity contribution < 1.29 is 4.74 Å². The van der Waals surface area contributed by atoms with Crippen molar-refractivity contribution in [3.8, 4) is 5.75 Å². The number of hydrogen-bond acceptors (Lipinski definition) is 2. The summed E-state index contributed by atoms with van der Waals surface area (Å²) in [5, 5.41) is 3.15. The van der Waals surface area contributed by atoms with Crippen LogP contribution in [0.25, 0.3) is 6.08 Å². The zero-order valence-corrected chi connectivity index (χ0v) is 8.95. The predicted molar refractivity (Wildman–Crippen MR) is 60.5 cm³/mol. The molecule has 1 aromatic carbocycles. The van der Waals surface area contributed by atoms with Gasteiger partial charge < -0.3 is 10.1 Å². The first-order chi connectivity index (χ1) is 6.76. The third kappa shape index (κ3) is 3.23. The second-order valence-electron chi connectivity index (χ2n) is 3.21. The maximum atomic E-state index is 5.14. The number of nitrogens with one attached hydrogen (secondary N) is 1. The van der Waals surface area contributed by atoms with Gasteiger partial charge in [-0.25, -0.2) is 0 Å². The second-order valence-corrected chi connectivity index (χ2v) is 3.21. The minimum Gasteiger partial charge on any atom is -0.497 e. The summed E-state index contributed by atoms with van der Waals surface area (Å²) in [7, 11) is 3.62. The van der Waals surface area contributed by atoms with Crippen LogP contribution in [0.3, 0.4) is 0 Å². The molecule has 0 bridgehead atoms. The van der Waals surface area contributed by atoms with Crippen LogP contribution in [0.5, 0.6) is 5.75 Å². The van der Waals surface area contributed by atoms with E-state index in [0.29, 0.717) is 6.04 Å². The molecule has 0 fully saturated rings. The van der Waals surface area contributed by atoms with Crippen molar-refractivity contribution in [1.29, 1.82) is 0 Å². The van der Waals surface area contributed by atoms with Crippen LogP contribution >= 0.6 is 0 Å². The molecule has 0 saturated heterocycles. The Hall–Kier alpha value is -1.28. The van der Waals surface area contributed by atoms with Crippen molar-refractivity contribution in [2.75, 3.05) is 14.2 Å². The van der Waals surface area contributed by atoms with E-state index in [1.54, 1.807) is 7.11 Å². The number of ether oxygens (including phenoxy) is 1. The average molecular weight is 191 g/mol. The van der Waals surface area contributed by atoms with E-state index >= 15 is 0 Å². The quantitative estimate of drug-likeness (QED) is 0.788. The van der Waals surface area contributed by atoms with E-state index < -0.39 is 0 Å². The summed E-state index contributed by atoms with van der Waals surface area (Å²) in [6.45, 7) is 2.11. The van der Waals surface area contributed by atoms with Gasteiger partial charge in [-0.15, -0.1) is 0 Å². The first kappa shape index (κ1) is 10.8. The highest BCUT2D eigenvalue weighted by atomic mass is 16.5. The van der Waals surface area contributed by atoms with Gasteiger partial charge in [-0.05, 0) is 31.7 Å². The fourth-order valence-electron chi connectivity index (χ4n) is 1.10. The van der Waals surface area contributed by atoms with Gasteiger partial charge in [0.25, 0.3) is 0 Å². The molecule has 0 heterocycles. The molecule has 0 radical (unpaired) electrons. The van der Waals surface area contributed by atoms with E-state index in [4.69, 9.17) is 4.74 Å². The number of methoxy groups -OCH3 is 1. The summed E-state index contributed by atoms with van der Waals surface area (Å²) in [5.41, 5.74) is 1.16. The van der Waals surface area contributed by atoms with Gasteiger partial charge in [0, 0.05) is 6.04 Å². The molecule has 1 rings (SSSR count). The minimum atomic E-state index is 0.390. The summed E-state index contributed by atoms with van der Waals surface area (Å²) in [4.78, 5) is 0. The molecule has 0 spiro atoms. The van der Waals surface area contributed by atoms with E-state index in [2.05, 4.69) is 30.5 Å². The highest BCUT2D eigenvalue weighted by Gasteiger charge is 1.93. The Kier molecular flexibility index (Phi) is 4.20. The summed E-state index contributed by atoms with van der Waals surface area (Å²) in [6, 6.07) is 8.39. The van der Waals surface area contributed by atoms with Crippen molar-refractivity contribution in [3.63, 3.8) is 0 Å². The molecule has 0 aliphatic heterocycles. The smallest absolute Gasteiger partial charge is 0.119 e. The van der Waals surface area contributed by atoms with Gasteiger partial charge in [-0.3, -0.25) is 0 Å². The Bertz CT molecular complexity index is 307. The molecule has 1 aromatic rings. The molecule has 2 nitrogen and oxygen atoms in total. The topological polar surface area (TPSA) is 21.3 Å². The molecule has 1 N–H and O–H groups in total. The monoisotopic (exact) mass is 191 g/mol. The van der Waals surface area contributed by atoms with E-state index in [1.807, 2.05) is 25.2 Å². The van der Waals surface area contributed by atoms with Crippen LogP contribution in [0.2, 0.25) is 0 Å². The third-order valence-corrected chi connectivity index (χ3v) is 2.13. The van der Waals surface area contributed by atoms with Crippen molar-refractivity contribution in [1.82, 2.24) is 5.32 Å². The number of rotatable bonds is 4. The molecule has 0 saturated carbocycles. The van der Waals surface area contributed by atoms with Gasteiger partial charge in [0.2, 0.25) is 0 Å². The fraction of sp³-hybridized carbons (Fsp3) is 0.333. The Morgan fingerprint density at radius 2 is 2.21 bits per heavy atom. The van der Waals surface area contributed by atoms with Crippen LogP contribution in [0.15, 0.2) is 30.3 Å². The summed E-state index contributed by atoms with van der Waals surface area (Å²) < 4.78 is 5.14. The zero-order valence-electron chi connectivity index (χ0n) is 8.95. The summed E-state index contributed by atoms with van der Waals surface area (Å²) in [5.74, 6) is 0.893. The maximum absolute atomic E-state index is 5.14. The SMILES string of the molecule is CN[C@H](C)/C=C/c1cccc(OC)c1. The lowest BCUT2D eigenvalue weighted by Crippen LogP contribution is -2.17. The molecule has 76 valence electrons. The fourth-order valence-corrected chi connectivity index (χ4v) is 1.10. The van der Waals surface area contributed by atoms with Crippen molar-refractivity contribution in [3.05, 3.63) is 35.9 Å². The van der Waals surface area contributed by atoms with Gasteiger partial charge in [0.05, 0.1) is 7.11 Å². The second kappa shape index (κ2) is 5.45. The van der Waals surface area contributed by atoms with Gasteiger partial charge in [-0.2, -0.15) is 0 Å². The Balaban J connectivity index is 2.71. The van der Waals surface area contributed by atoms with Crippen molar-refractivity contribution in [2.24, 2.45) is 0 Å². The van der Waals surface area contributed by atoms with Crippen LogP contribution in [0, 0.1) is 0 Å². The Morgan fingerprint density at radius 3 is 2.86 bits per heavy atom. The van der Waals surface area contributed by atoms with E-state index in [-0.39, 0.29) is 0 Å². The highest BCUT2D eigenvalue weighted by Crippen LogP contribution is 2.13. The molecule has 0 aliphatic rings. The largest absolute Gasteiger partial charge is 0.497 e. The molecule has 0 aliphatic carbocycles. The maximum Gasteiger partial charge on any atom is 0.119 e. The molecular formula is C12H17NO. The molecule has 0 amide bonds. The zero-order chi connectivity index (χ0) is 10.4. The first-order valence-corrected chi connectivity index (χ1v) is 4.76. The lowest BCUT2D eigenvalue weighted by atomic mass is 10.2. The van der Waals surface area contributed by atoms with Crippen molar-refractivity contribution in [2.45, 2.75) is 13.0 Å². The summed E-state index contributed by atoms with van der Waals surface area (Å²) in [6.07, 6.45) is 4.21. The average Bonchev–Trinajstić information content (AvgIpc) is 2.26. The molecule has 0 aromatic heterocycles. The Morgan fingerprint density at radius 1 is 1.43 bits per heavy atom. The normalized spacial score (nSPS) is 13.1. The van der Waals surface area contributed by atoms with Crippen molar-refractivity contribution >= 4 is 6.08 Å². The molecule has 14 heavy (non-hydrogen) atoms. The van der Waals surface area contributed by atoms with E-state index in [1.165, 1.54) is 0 Å². The van der Waals surface area contributed by atoms with Crippen LogP contribution in [0.1, 0.15) is 12.5 Å². The lowest BCUT2D eigenvalue weighted by Gasteiger charge is -2.03. The van der Waals surface area contributed by atoms with E-state index in [9.17, 15) is 0 Å². The number of likely N-dealkylation sites (N-methyl/N-ethyl adjacent to an activating group) is 1. The minimum absolute atomic E-state index is 0.390. The third-order valence-electron chi connectivity index (χ3n) is 2.13. The molecule has 0 unspecified atom stereocenters.